The number of benzene rings is 1. The van der Waals surface area contributed by atoms with Crippen molar-refractivity contribution in [2.24, 2.45) is 0 Å². The minimum Gasteiger partial charge on any atom is -0.345 e. The van der Waals surface area contributed by atoms with Crippen LogP contribution in [0.1, 0.15) is 28.3 Å². The second-order valence-electron chi connectivity index (χ2n) is 6.61. The number of anilines is 1. The molecule has 0 aliphatic heterocycles. The van der Waals surface area contributed by atoms with E-state index in [4.69, 9.17) is 0 Å². The minimum absolute atomic E-state index is 0.193. The van der Waals surface area contributed by atoms with Crippen LogP contribution in [0, 0.1) is 13.8 Å². The highest BCUT2D eigenvalue weighted by molar-refractivity contribution is 5.32. The van der Waals surface area contributed by atoms with Gasteiger partial charge in [-0.05, 0) is 25.8 Å². The van der Waals surface area contributed by atoms with Gasteiger partial charge in [-0.1, -0.05) is 30.3 Å². The van der Waals surface area contributed by atoms with E-state index in [1.807, 2.05) is 30.1 Å². The maximum atomic E-state index is 12.2. The lowest BCUT2D eigenvalue weighted by atomic mass is 10.1. The molecule has 7 nitrogen and oxygen atoms in total. The van der Waals surface area contributed by atoms with Gasteiger partial charge in [-0.25, -0.2) is 9.97 Å². The number of hydrogen-bond acceptors (Lipinski definition) is 5. The molecule has 3 rings (SSSR count). The van der Waals surface area contributed by atoms with Crippen molar-refractivity contribution >= 4 is 5.95 Å². The van der Waals surface area contributed by atoms with Crippen LogP contribution in [-0.2, 0) is 12.8 Å². The molecule has 3 aromatic rings. The SMILES string of the molecule is Cc1nc(C)c(Cc2cc(=O)[nH]c(N(C)CCc3ccccc3)n2)c(=O)[nH]1. The largest absolute Gasteiger partial charge is 0.345 e. The van der Waals surface area contributed by atoms with Crippen LogP contribution in [0.3, 0.4) is 0 Å². The number of aryl methyl sites for hydroxylation is 2. The number of aromatic nitrogens is 4. The third-order valence-electron chi connectivity index (χ3n) is 4.42. The molecule has 2 heterocycles. The van der Waals surface area contributed by atoms with Crippen molar-refractivity contribution in [2.75, 3.05) is 18.5 Å². The zero-order valence-electron chi connectivity index (χ0n) is 15.7. The fraction of sp³-hybridized carbons (Fsp3) is 0.300. The van der Waals surface area contributed by atoms with Crippen LogP contribution in [0.15, 0.2) is 46.0 Å². The summed E-state index contributed by atoms with van der Waals surface area (Å²) in [6.07, 6.45) is 1.10. The van der Waals surface area contributed by atoms with Crippen molar-refractivity contribution in [3.8, 4) is 0 Å². The summed E-state index contributed by atoms with van der Waals surface area (Å²) >= 11 is 0. The van der Waals surface area contributed by atoms with Crippen LogP contribution in [0.25, 0.3) is 0 Å². The van der Waals surface area contributed by atoms with Crippen molar-refractivity contribution in [1.82, 2.24) is 19.9 Å². The van der Waals surface area contributed by atoms with Crippen molar-refractivity contribution in [2.45, 2.75) is 26.7 Å². The Morgan fingerprint density at radius 2 is 1.78 bits per heavy atom. The van der Waals surface area contributed by atoms with Crippen LogP contribution < -0.4 is 16.0 Å². The summed E-state index contributed by atoms with van der Waals surface area (Å²) in [6, 6.07) is 11.6. The smallest absolute Gasteiger partial charge is 0.254 e. The highest BCUT2D eigenvalue weighted by Gasteiger charge is 2.12. The Balaban J connectivity index is 1.80. The second kappa shape index (κ2) is 7.99. The summed E-state index contributed by atoms with van der Waals surface area (Å²) in [6.45, 7) is 4.24. The van der Waals surface area contributed by atoms with E-state index >= 15 is 0 Å². The molecule has 2 N–H and O–H groups in total. The van der Waals surface area contributed by atoms with E-state index in [1.165, 1.54) is 11.6 Å². The topological polar surface area (TPSA) is 94.7 Å². The van der Waals surface area contributed by atoms with E-state index < -0.39 is 0 Å². The van der Waals surface area contributed by atoms with Crippen LogP contribution >= 0.6 is 0 Å². The van der Waals surface area contributed by atoms with Gasteiger partial charge in [0.1, 0.15) is 5.82 Å². The Kier molecular flexibility index (Phi) is 5.49. The first-order valence-electron chi connectivity index (χ1n) is 8.84. The summed E-state index contributed by atoms with van der Waals surface area (Å²) in [5.41, 5.74) is 2.50. The summed E-state index contributed by atoms with van der Waals surface area (Å²) in [7, 11) is 1.89. The number of nitrogens with zero attached hydrogens (tertiary/aromatic N) is 3. The molecule has 0 atom stereocenters. The quantitative estimate of drug-likeness (QED) is 0.694. The molecule has 0 saturated heterocycles. The Morgan fingerprint density at radius 3 is 2.48 bits per heavy atom. The maximum absolute atomic E-state index is 12.2. The normalized spacial score (nSPS) is 10.8. The molecule has 0 aliphatic rings. The first kappa shape index (κ1) is 18.6. The summed E-state index contributed by atoms with van der Waals surface area (Å²) in [5, 5.41) is 0. The number of H-pyrrole nitrogens is 2. The number of aromatic amines is 2. The molecular formula is C20H23N5O2. The Hall–Kier alpha value is -3.22. The average Bonchev–Trinajstić information content (AvgIpc) is 2.63. The Morgan fingerprint density at radius 1 is 1.04 bits per heavy atom. The first-order chi connectivity index (χ1) is 12.9. The molecule has 2 aromatic heterocycles. The van der Waals surface area contributed by atoms with Gasteiger partial charge >= 0.3 is 0 Å². The standard InChI is InChI=1S/C20H23N5O2/c1-13-17(19(27)22-14(2)21-13)11-16-12-18(26)24-20(23-16)25(3)10-9-15-7-5-4-6-8-15/h4-8,12H,9-11H2,1-3H3,(H,21,22,27)(H,23,24,26). The van der Waals surface area contributed by atoms with E-state index in [-0.39, 0.29) is 17.5 Å². The van der Waals surface area contributed by atoms with E-state index in [0.29, 0.717) is 35.3 Å². The average molecular weight is 365 g/mol. The molecule has 27 heavy (non-hydrogen) atoms. The van der Waals surface area contributed by atoms with Crippen LogP contribution in [0.5, 0.6) is 0 Å². The van der Waals surface area contributed by atoms with Gasteiger partial charge in [-0.2, -0.15) is 0 Å². The minimum atomic E-state index is -0.240. The molecule has 0 unspecified atom stereocenters. The van der Waals surface area contributed by atoms with Gasteiger partial charge in [-0.15, -0.1) is 0 Å². The van der Waals surface area contributed by atoms with Crippen LogP contribution in [0.2, 0.25) is 0 Å². The molecule has 7 heteroatoms. The molecule has 0 bridgehead atoms. The first-order valence-corrected chi connectivity index (χ1v) is 8.84. The number of likely N-dealkylation sites (N-methyl/N-ethyl adjacent to an activating group) is 1. The van der Waals surface area contributed by atoms with Gasteiger partial charge in [0.2, 0.25) is 5.95 Å². The third-order valence-corrected chi connectivity index (χ3v) is 4.42. The lowest BCUT2D eigenvalue weighted by molar-refractivity contribution is 0.820. The van der Waals surface area contributed by atoms with Gasteiger partial charge in [0.25, 0.3) is 11.1 Å². The van der Waals surface area contributed by atoms with E-state index in [1.54, 1.807) is 13.8 Å². The van der Waals surface area contributed by atoms with E-state index in [9.17, 15) is 9.59 Å². The zero-order chi connectivity index (χ0) is 19.4. The zero-order valence-corrected chi connectivity index (χ0v) is 15.7. The van der Waals surface area contributed by atoms with Crippen LogP contribution in [0.4, 0.5) is 5.95 Å². The molecule has 0 amide bonds. The van der Waals surface area contributed by atoms with Crippen molar-refractivity contribution in [1.29, 1.82) is 0 Å². The maximum Gasteiger partial charge on any atom is 0.254 e. The Labute approximate surface area is 157 Å². The summed E-state index contributed by atoms with van der Waals surface area (Å²) < 4.78 is 0. The number of rotatable bonds is 6. The number of nitrogens with one attached hydrogen (secondary N) is 2. The van der Waals surface area contributed by atoms with Gasteiger partial charge in [0.15, 0.2) is 0 Å². The van der Waals surface area contributed by atoms with E-state index in [0.717, 1.165) is 6.42 Å². The third kappa shape index (κ3) is 4.69. The van der Waals surface area contributed by atoms with E-state index in [2.05, 4.69) is 32.1 Å². The van der Waals surface area contributed by atoms with Crippen molar-refractivity contribution in [3.63, 3.8) is 0 Å². The fourth-order valence-corrected chi connectivity index (χ4v) is 2.95. The van der Waals surface area contributed by atoms with Crippen molar-refractivity contribution < 1.29 is 0 Å². The van der Waals surface area contributed by atoms with Crippen molar-refractivity contribution in [3.05, 3.63) is 85.4 Å². The molecule has 0 fully saturated rings. The monoisotopic (exact) mass is 365 g/mol. The van der Waals surface area contributed by atoms with Gasteiger partial charge < -0.3 is 9.88 Å². The molecule has 140 valence electrons. The van der Waals surface area contributed by atoms with Crippen LogP contribution in [-0.4, -0.2) is 33.5 Å². The Bertz CT molecular complexity index is 1040. The molecular weight excluding hydrogens is 342 g/mol. The molecule has 0 saturated carbocycles. The molecule has 0 spiro atoms. The highest BCUT2D eigenvalue weighted by Crippen LogP contribution is 2.10. The van der Waals surface area contributed by atoms with Gasteiger partial charge in [-0.3, -0.25) is 14.6 Å². The summed E-state index contributed by atoms with van der Waals surface area (Å²) in [4.78, 5) is 40.5. The van der Waals surface area contributed by atoms with Gasteiger partial charge in [0.05, 0.1) is 5.69 Å². The fourth-order valence-electron chi connectivity index (χ4n) is 2.95. The lowest BCUT2D eigenvalue weighted by Gasteiger charge is -2.18. The second-order valence-corrected chi connectivity index (χ2v) is 6.61. The predicted octanol–water partition coefficient (Wildman–Crippen LogP) is 1.74. The number of hydrogen-bond donors (Lipinski definition) is 2. The van der Waals surface area contributed by atoms with Gasteiger partial charge in [0, 0.05) is 37.3 Å². The lowest BCUT2D eigenvalue weighted by Crippen LogP contribution is -2.26. The predicted molar refractivity (Wildman–Crippen MR) is 105 cm³/mol. The molecule has 1 aromatic carbocycles. The molecule has 0 aliphatic carbocycles. The summed E-state index contributed by atoms with van der Waals surface area (Å²) in [5.74, 6) is 1.06. The highest BCUT2D eigenvalue weighted by atomic mass is 16.1. The molecule has 0 radical (unpaired) electrons.